The molecule has 0 spiro atoms. The number of carboxylic acid groups (broad SMARTS) is 1. The molecule has 0 saturated carbocycles. The summed E-state index contributed by atoms with van der Waals surface area (Å²) in [7, 11) is 2.17. The summed E-state index contributed by atoms with van der Waals surface area (Å²) in [5, 5.41) is 11.9. The Kier molecular flexibility index (Phi) is 7.37. The predicted octanol–water partition coefficient (Wildman–Crippen LogP) is 2.32. The highest BCUT2D eigenvalue weighted by atomic mass is 16.4. The Labute approximate surface area is 170 Å². The van der Waals surface area contributed by atoms with E-state index in [1.165, 1.54) is 12.8 Å². The van der Waals surface area contributed by atoms with E-state index in [1.54, 1.807) is 0 Å². The van der Waals surface area contributed by atoms with Gasteiger partial charge >= 0.3 is 6.09 Å². The zero-order valence-electron chi connectivity index (χ0n) is 18.6. The molecule has 2 fully saturated rings. The molecule has 2 aliphatic heterocycles. The fourth-order valence-corrected chi connectivity index (χ4v) is 5.03. The van der Waals surface area contributed by atoms with Crippen LogP contribution in [0.5, 0.6) is 0 Å². The van der Waals surface area contributed by atoms with Crippen LogP contribution in [-0.2, 0) is 4.79 Å². The topological polar surface area (TPSA) is 76.1 Å². The number of hydrogen-bond donors (Lipinski definition) is 2. The Morgan fingerprint density at radius 1 is 1.00 bits per heavy atom. The summed E-state index contributed by atoms with van der Waals surface area (Å²) in [4.78, 5) is 31.4. The lowest BCUT2D eigenvalue weighted by molar-refractivity contribution is -0.139. The minimum absolute atomic E-state index is 0.00898. The van der Waals surface area contributed by atoms with E-state index >= 15 is 0 Å². The second kappa shape index (κ2) is 8.99. The summed E-state index contributed by atoms with van der Waals surface area (Å²) in [6.45, 7) is 15.7. The first-order valence-corrected chi connectivity index (χ1v) is 10.6. The molecule has 0 aliphatic carbocycles. The summed E-state index contributed by atoms with van der Waals surface area (Å²) >= 11 is 0. The zero-order valence-corrected chi connectivity index (χ0v) is 18.6. The van der Waals surface area contributed by atoms with Crippen LogP contribution in [0.15, 0.2) is 0 Å². The van der Waals surface area contributed by atoms with E-state index in [2.05, 4.69) is 42.9 Å². The molecule has 2 heterocycles. The maximum atomic E-state index is 13.3. The number of rotatable bonds is 5. The van der Waals surface area contributed by atoms with Crippen molar-refractivity contribution in [2.75, 3.05) is 46.3 Å². The van der Waals surface area contributed by atoms with Crippen LogP contribution in [0.2, 0.25) is 0 Å². The normalized spacial score (nSPS) is 22.1. The average molecular weight is 397 g/mol. The number of piperidine rings is 1. The van der Waals surface area contributed by atoms with Crippen molar-refractivity contribution in [3.8, 4) is 0 Å². The molecule has 2 rings (SSSR count). The molecule has 0 radical (unpaired) electrons. The van der Waals surface area contributed by atoms with Crippen LogP contribution in [-0.4, -0.2) is 90.2 Å². The molecule has 1 atom stereocenters. The Bertz CT molecular complexity index is 542. The molecule has 2 amide bonds. The van der Waals surface area contributed by atoms with Crippen molar-refractivity contribution in [2.24, 2.45) is 10.8 Å². The van der Waals surface area contributed by atoms with Crippen molar-refractivity contribution in [2.45, 2.75) is 66.0 Å². The van der Waals surface area contributed by atoms with E-state index in [0.717, 1.165) is 32.6 Å². The highest BCUT2D eigenvalue weighted by molar-refractivity contribution is 5.86. The van der Waals surface area contributed by atoms with Gasteiger partial charge in [0.15, 0.2) is 0 Å². The molecule has 2 aliphatic rings. The maximum Gasteiger partial charge on any atom is 0.405 e. The smallest absolute Gasteiger partial charge is 0.405 e. The standard InChI is InChI=1S/C21H40N4O3/c1-20(2,3)15-21(4,5)17(22-19(27)28)18(26)25-13-11-24(12-14-25)16-7-9-23(6)10-8-16/h16-17,22H,7-15H2,1-6H3,(H,27,28)/t17-/m0/s1. The molecule has 0 aromatic carbocycles. The van der Waals surface area contributed by atoms with Gasteiger partial charge in [0.05, 0.1) is 0 Å². The molecule has 7 nitrogen and oxygen atoms in total. The van der Waals surface area contributed by atoms with Gasteiger partial charge in [0.25, 0.3) is 0 Å². The highest BCUT2D eigenvalue weighted by Crippen LogP contribution is 2.36. The maximum absolute atomic E-state index is 13.3. The lowest BCUT2D eigenvalue weighted by atomic mass is 9.71. The minimum Gasteiger partial charge on any atom is -0.465 e. The van der Waals surface area contributed by atoms with E-state index < -0.39 is 17.6 Å². The number of carbonyl (C=O) groups is 2. The first kappa shape index (κ1) is 22.9. The first-order chi connectivity index (χ1) is 12.9. The van der Waals surface area contributed by atoms with Crippen LogP contribution >= 0.6 is 0 Å². The second-order valence-electron chi connectivity index (χ2n) is 10.5. The summed E-state index contributed by atoms with van der Waals surface area (Å²) < 4.78 is 0. The molecular weight excluding hydrogens is 356 g/mol. The SMILES string of the molecule is CN1CCC(N2CCN(C(=O)[C@H](NC(=O)O)C(C)(C)CC(C)(C)C)CC2)CC1. The van der Waals surface area contributed by atoms with E-state index in [1.807, 2.05) is 18.7 Å². The average Bonchev–Trinajstić information content (AvgIpc) is 2.57. The van der Waals surface area contributed by atoms with E-state index in [4.69, 9.17) is 0 Å². The van der Waals surface area contributed by atoms with Crippen molar-refractivity contribution in [1.29, 1.82) is 0 Å². The van der Waals surface area contributed by atoms with E-state index in [0.29, 0.717) is 19.1 Å². The quantitative estimate of drug-likeness (QED) is 0.746. The Hall–Kier alpha value is -1.34. The van der Waals surface area contributed by atoms with Crippen LogP contribution < -0.4 is 5.32 Å². The van der Waals surface area contributed by atoms with Gasteiger partial charge in [-0.3, -0.25) is 9.69 Å². The molecule has 0 aromatic heterocycles. The van der Waals surface area contributed by atoms with Crippen LogP contribution in [0.3, 0.4) is 0 Å². The van der Waals surface area contributed by atoms with Gasteiger partial charge in [0, 0.05) is 32.2 Å². The van der Waals surface area contributed by atoms with Crippen molar-refractivity contribution in [3.63, 3.8) is 0 Å². The highest BCUT2D eigenvalue weighted by Gasteiger charge is 2.42. The van der Waals surface area contributed by atoms with Gasteiger partial charge in [0.2, 0.25) is 5.91 Å². The summed E-state index contributed by atoms with van der Waals surface area (Å²) in [6, 6.07) is -0.113. The summed E-state index contributed by atoms with van der Waals surface area (Å²) in [5.74, 6) is -0.0836. The number of hydrogen-bond acceptors (Lipinski definition) is 4. The largest absolute Gasteiger partial charge is 0.465 e. The Morgan fingerprint density at radius 3 is 2.00 bits per heavy atom. The Morgan fingerprint density at radius 2 is 1.54 bits per heavy atom. The number of amides is 2. The third-order valence-corrected chi connectivity index (χ3v) is 6.11. The molecule has 0 bridgehead atoms. The van der Waals surface area contributed by atoms with Crippen molar-refractivity contribution in [1.82, 2.24) is 20.0 Å². The number of nitrogens with zero attached hydrogens (tertiary/aromatic N) is 3. The minimum atomic E-state index is -1.13. The third-order valence-electron chi connectivity index (χ3n) is 6.11. The lowest BCUT2D eigenvalue weighted by Gasteiger charge is -2.44. The second-order valence-corrected chi connectivity index (χ2v) is 10.5. The van der Waals surface area contributed by atoms with Crippen molar-refractivity contribution in [3.05, 3.63) is 0 Å². The molecule has 0 unspecified atom stereocenters. The molecule has 2 N–H and O–H groups in total. The fraction of sp³-hybridized carbons (Fsp3) is 0.905. The molecule has 0 aromatic rings. The van der Waals surface area contributed by atoms with Crippen molar-refractivity contribution >= 4 is 12.0 Å². The number of carbonyl (C=O) groups excluding carboxylic acids is 1. The molecule has 7 heteroatoms. The fourth-order valence-electron chi connectivity index (χ4n) is 5.03. The van der Waals surface area contributed by atoms with Crippen LogP contribution in [0.4, 0.5) is 4.79 Å². The molecule has 28 heavy (non-hydrogen) atoms. The predicted molar refractivity (Wildman–Crippen MR) is 111 cm³/mol. The zero-order chi connectivity index (χ0) is 21.1. The van der Waals surface area contributed by atoms with Gasteiger partial charge in [-0.25, -0.2) is 4.79 Å². The Balaban J connectivity index is 2.00. The molecule has 2 saturated heterocycles. The number of nitrogens with one attached hydrogen (secondary N) is 1. The van der Waals surface area contributed by atoms with Gasteiger partial charge in [0.1, 0.15) is 6.04 Å². The van der Waals surface area contributed by atoms with Crippen LogP contribution in [0.25, 0.3) is 0 Å². The van der Waals surface area contributed by atoms with Gasteiger partial charge in [-0.15, -0.1) is 0 Å². The number of likely N-dealkylation sites (tertiary alicyclic amines) is 1. The molecule has 162 valence electrons. The van der Waals surface area contributed by atoms with Gasteiger partial charge in [-0.2, -0.15) is 0 Å². The van der Waals surface area contributed by atoms with Crippen LogP contribution in [0.1, 0.15) is 53.9 Å². The van der Waals surface area contributed by atoms with Gasteiger partial charge in [-0.1, -0.05) is 34.6 Å². The first-order valence-electron chi connectivity index (χ1n) is 10.6. The lowest BCUT2D eigenvalue weighted by Crippen LogP contribution is -2.60. The third kappa shape index (κ3) is 6.34. The summed E-state index contributed by atoms with van der Waals surface area (Å²) in [5.41, 5.74) is -0.451. The monoisotopic (exact) mass is 396 g/mol. The van der Waals surface area contributed by atoms with Gasteiger partial charge in [-0.05, 0) is 50.2 Å². The molecular formula is C21H40N4O3. The van der Waals surface area contributed by atoms with E-state index in [-0.39, 0.29) is 11.3 Å². The summed E-state index contributed by atoms with van der Waals surface area (Å²) in [6.07, 6.45) is 2.00. The van der Waals surface area contributed by atoms with Gasteiger partial charge < -0.3 is 20.2 Å². The van der Waals surface area contributed by atoms with E-state index in [9.17, 15) is 14.7 Å². The van der Waals surface area contributed by atoms with Crippen LogP contribution in [0, 0.1) is 10.8 Å². The number of piperazine rings is 1. The van der Waals surface area contributed by atoms with Crippen molar-refractivity contribution < 1.29 is 14.7 Å².